The lowest BCUT2D eigenvalue weighted by Crippen LogP contribution is -2.40. The number of nitriles is 2. The Morgan fingerprint density at radius 3 is 1.68 bits per heavy atom. The second-order valence-electron chi connectivity index (χ2n) is 14.5. The Kier molecular flexibility index (Phi) is 13.2. The average molecular weight is 879 g/mol. The van der Waals surface area contributed by atoms with Crippen molar-refractivity contribution in [3.8, 4) is 17.9 Å². The van der Waals surface area contributed by atoms with Crippen LogP contribution in [-0.4, -0.2) is 65.5 Å². The van der Waals surface area contributed by atoms with Crippen molar-refractivity contribution < 1.29 is 46.1 Å². The quantitative estimate of drug-likeness (QED) is 0.130. The van der Waals surface area contributed by atoms with E-state index in [9.17, 15) is 41.7 Å². The summed E-state index contributed by atoms with van der Waals surface area (Å²) in [6, 6.07) is 16.6. The number of carbonyl (C=O) groups is 1. The van der Waals surface area contributed by atoms with Gasteiger partial charge in [0.25, 0.3) is 0 Å². The first-order chi connectivity index (χ1) is 27.9. The average Bonchev–Trinajstić information content (AvgIpc) is 3.82. The maximum absolute atomic E-state index is 13.0. The van der Waals surface area contributed by atoms with Crippen LogP contribution in [0.3, 0.4) is 0 Å². The lowest BCUT2D eigenvalue weighted by Gasteiger charge is -2.37. The number of piperidine rings is 2. The number of halogens is 7. The number of carboxylic acid groups (broad SMARTS) is 1. The number of aromatic nitrogens is 2. The van der Waals surface area contributed by atoms with Gasteiger partial charge >= 0.3 is 18.3 Å². The lowest BCUT2D eigenvalue weighted by atomic mass is 9.77. The second kappa shape index (κ2) is 17.8. The van der Waals surface area contributed by atoms with Crippen molar-refractivity contribution in [2.75, 3.05) is 49.2 Å². The molecule has 0 atom stereocenters. The van der Waals surface area contributed by atoms with Gasteiger partial charge in [-0.3, -0.25) is 4.79 Å². The summed E-state index contributed by atoms with van der Waals surface area (Å²) in [4.78, 5) is 23.9. The number of hydrogen-bond acceptors (Lipinski definition) is 11. The van der Waals surface area contributed by atoms with Gasteiger partial charge in [0.1, 0.15) is 5.75 Å². The van der Waals surface area contributed by atoms with Crippen LogP contribution in [0.4, 0.5) is 36.6 Å². The molecule has 5 aromatic rings. The minimum Gasteiger partial charge on any atom is -0.493 e. The number of carboxylic acids is 1. The summed E-state index contributed by atoms with van der Waals surface area (Å²) in [7, 11) is 0. The van der Waals surface area contributed by atoms with E-state index < -0.39 is 40.3 Å². The Bertz CT molecular complexity index is 2370. The summed E-state index contributed by atoms with van der Waals surface area (Å²) in [5, 5.41) is 39.0. The van der Waals surface area contributed by atoms with E-state index in [1.165, 1.54) is 34.8 Å². The van der Waals surface area contributed by atoms with E-state index in [2.05, 4.69) is 22.1 Å². The molecule has 2 saturated heterocycles. The van der Waals surface area contributed by atoms with Crippen molar-refractivity contribution >= 4 is 70.9 Å². The topological polar surface area (TPSA) is 147 Å². The van der Waals surface area contributed by atoms with E-state index in [1.807, 2.05) is 9.80 Å². The Labute approximate surface area is 347 Å². The number of fused-ring (bicyclic) bond motifs is 2. The van der Waals surface area contributed by atoms with Crippen molar-refractivity contribution in [3.63, 3.8) is 0 Å². The molecule has 2 fully saturated rings. The third kappa shape index (κ3) is 10.7. The van der Waals surface area contributed by atoms with Crippen LogP contribution in [0.25, 0.3) is 20.4 Å². The minimum absolute atomic E-state index is 0.0189. The van der Waals surface area contributed by atoms with E-state index in [1.54, 1.807) is 18.2 Å². The molecule has 0 unspecified atom stereocenters. The fourth-order valence-electron chi connectivity index (χ4n) is 7.09. The third-order valence-corrected chi connectivity index (χ3v) is 13.0. The highest BCUT2D eigenvalue weighted by Gasteiger charge is 2.37. The molecule has 0 bridgehead atoms. The summed E-state index contributed by atoms with van der Waals surface area (Å²) in [5.74, 6) is -0.519. The zero-order chi connectivity index (χ0) is 42.6. The van der Waals surface area contributed by atoms with E-state index in [0.717, 1.165) is 24.3 Å². The largest absolute Gasteiger partial charge is 0.493 e. The van der Waals surface area contributed by atoms with Gasteiger partial charge in [-0.15, -0.1) is 0 Å². The molecule has 0 amide bonds. The second-order valence-corrected chi connectivity index (χ2v) is 17.0. The molecule has 59 heavy (non-hydrogen) atoms. The van der Waals surface area contributed by atoms with Gasteiger partial charge in [0.05, 0.1) is 67.6 Å². The lowest BCUT2D eigenvalue weighted by molar-refractivity contribution is -0.138. The van der Waals surface area contributed by atoms with Crippen LogP contribution in [0.15, 0.2) is 54.6 Å². The number of benzene rings is 3. The number of anilines is 2. The van der Waals surface area contributed by atoms with Crippen LogP contribution < -0.4 is 14.5 Å². The maximum atomic E-state index is 13.0. The van der Waals surface area contributed by atoms with Gasteiger partial charge in [-0.1, -0.05) is 34.3 Å². The molecule has 0 saturated carbocycles. The SMILES string of the molecule is N#CC1(CCO)CCN(c2nc3ccc(C(F)(F)F)cc3s2)CC1.N#CC1(CCOc2cc(Cl)cc(CC(=O)O)c2)CCN(c2nc3ccc(C(F)(F)F)cc3s2)CC1. The molecule has 2 N–H and O–H groups in total. The molecule has 7 rings (SSSR count). The van der Waals surface area contributed by atoms with E-state index in [-0.39, 0.29) is 19.6 Å². The number of hydrogen-bond donors (Lipinski definition) is 2. The first kappa shape index (κ1) is 43.7. The number of thiazole rings is 2. The van der Waals surface area contributed by atoms with Crippen LogP contribution in [0.1, 0.15) is 55.2 Å². The molecule has 2 aromatic heterocycles. The first-order valence-corrected chi connectivity index (χ1v) is 20.5. The Balaban J connectivity index is 0.000000213. The van der Waals surface area contributed by atoms with E-state index in [4.69, 9.17) is 26.6 Å². The highest BCUT2D eigenvalue weighted by Crippen LogP contribution is 2.41. The van der Waals surface area contributed by atoms with Crippen LogP contribution in [0, 0.1) is 33.5 Å². The highest BCUT2D eigenvalue weighted by atomic mass is 35.5. The Morgan fingerprint density at radius 1 is 0.780 bits per heavy atom. The van der Waals surface area contributed by atoms with Crippen molar-refractivity contribution in [3.05, 3.63) is 76.3 Å². The number of aliphatic carboxylic acids is 1. The molecule has 19 heteroatoms. The van der Waals surface area contributed by atoms with Gasteiger partial charge < -0.3 is 24.7 Å². The highest BCUT2D eigenvalue weighted by molar-refractivity contribution is 7.22. The Morgan fingerprint density at radius 2 is 1.25 bits per heavy atom. The molecule has 0 radical (unpaired) electrons. The fraction of sp³-hybridized carbons (Fsp3) is 0.425. The van der Waals surface area contributed by atoms with Gasteiger partial charge in [-0.05, 0) is 92.3 Å². The molecule has 0 spiro atoms. The minimum atomic E-state index is -4.40. The molecular formula is C40H37ClF6N6O4S2. The smallest absolute Gasteiger partial charge is 0.416 e. The van der Waals surface area contributed by atoms with E-state index >= 15 is 0 Å². The fourth-order valence-corrected chi connectivity index (χ4v) is 9.46. The first-order valence-electron chi connectivity index (χ1n) is 18.5. The standard InChI is InChI=1S/C24H21ClF3N3O3S.C16H16F3N3OS/c25-17-9-15(11-21(32)33)10-18(13-17)34-8-5-23(14-29)3-6-31(7-4-23)22-30-19-2-1-16(24(26,27)28)12-20(19)35-22;17-16(18,19)11-1-2-12-13(9-11)24-14(21-12)22-6-3-15(10-20,4-7-22)5-8-23/h1-2,9-10,12-13H,3-8,11H2,(H,32,33);1-2,9,23H,3-8H2. The van der Waals surface area contributed by atoms with Crippen LogP contribution in [0.2, 0.25) is 5.02 Å². The molecule has 3 aromatic carbocycles. The molecule has 312 valence electrons. The number of nitrogens with zero attached hydrogens (tertiary/aromatic N) is 6. The number of alkyl halides is 6. The normalized spacial score (nSPS) is 16.6. The number of aliphatic hydroxyl groups is 1. The summed E-state index contributed by atoms with van der Waals surface area (Å²) >= 11 is 8.51. The van der Waals surface area contributed by atoms with Gasteiger partial charge in [0.2, 0.25) is 0 Å². The monoisotopic (exact) mass is 878 g/mol. The zero-order valence-electron chi connectivity index (χ0n) is 31.2. The summed E-state index contributed by atoms with van der Waals surface area (Å²) < 4.78 is 84.2. The predicted molar refractivity (Wildman–Crippen MR) is 213 cm³/mol. The maximum Gasteiger partial charge on any atom is 0.416 e. The molecule has 4 heterocycles. The van der Waals surface area contributed by atoms with Crippen LogP contribution >= 0.6 is 34.3 Å². The van der Waals surface area contributed by atoms with E-state index in [0.29, 0.717) is 112 Å². The number of ether oxygens (including phenoxy) is 1. The van der Waals surface area contributed by atoms with Gasteiger partial charge in [-0.2, -0.15) is 36.9 Å². The molecule has 2 aliphatic heterocycles. The number of aliphatic hydroxyl groups excluding tert-OH is 1. The molecule has 10 nitrogen and oxygen atoms in total. The van der Waals surface area contributed by atoms with Crippen LogP contribution in [-0.2, 0) is 23.6 Å². The summed E-state index contributed by atoms with van der Waals surface area (Å²) in [6.07, 6.45) is -5.63. The molecule has 2 aliphatic rings. The van der Waals surface area contributed by atoms with Crippen molar-refractivity contribution in [2.45, 2.75) is 57.3 Å². The number of rotatable bonds is 10. The third-order valence-electron chi connectivity index (χ3n) is 10.6. The molecular weight excluding hydrogens is 842 g/mol. The molecule has 0 aliphatic carbocycles. The van der Waals surface area contributed by atoms with Crippen LogP contribution in [0.5, 0.6) is 5.75 Å². The van der Waals surface area contributed by atoms with Gasteiger partial charge in [-0.25, -0.2) is 9.97 Å². The van der Waals surface area contributed by atoms with Crippen molar-refractivity contribution in [2.24, 2.45) is 10.8 Å². The van der Waals surface area contributed by atoms with Gasteiger partial charge in [0, 0.05) is 44.2 Å². The van der Waals surface area contributed by atoms with Crippen molar-refractivity contribution in [1.82, 2.24) is 9.97 Å². The zero-order valence-corrected chi connectivity index (χ0v) is 33.6. The predicted octanol–water partition coefficient (Wildman–Crippen LogP) is 9.98. The Hall–Kier alpha value is -4.88. The summed E-state index contributed by atoms with van der Waals surface area (Å²) in [5.41, 5.74) is -0.874. The van der Waals surface area contributed by atoms with Crippen molar-refractivity contribution in [1.29, 1.82) is 10.5 Å². The van der Waals surface area contributed by atoms with Gasteiger partial charge in [0.15, 0.2) is 10.3 Å². The summed E-state index contributed by atoms with van der Waals surface area (Å²) in [6.45, 7) is 2.58.